The van der Waals surface area contributed by atoms with Crippen molar-refractivity contribution in [3.63, 3.8) is 0 Å². The van der Waals surface area contributed by atoms with Gasteiger partial charge in [0.2, 0.25) is 0 Å². The number of nitrogens with zero attached hydrogens (tertiary/aromatic N) is 2. The molecule has 2 rings (SSSR count). The van der Waals surface area contributed by atoms with Crippen LogP contribution in [0, 0.1) is 5.82 Å². The highest BCUT2D eigenvalue weighted by molar-refractivity contribution is 5.27. The van der Waals surface area contributed by atoms with E-state index in [1.165, 1.54) is 19.2 Å². The Morgan fingerprint density at radius 3 is 2.53 bits per heavy atom. The molecule has 0 saturated carbocycles. The molecule has 0 saturated heterocycles. The monoisotopic (exact) mass is 266 g/mol. The first-order valence-electron chi connectivity index (χ1n) is 6.95. The number of hydrogen-bond donors (Lipinski definition) is 1. The van der Waals surface area contributed by atoms with E-state index >= 15 is 0 Å². The Morgan fingerprint density at radius 2 is 2.05 bits per heavy atom. The van der Waals surface area contributed by atoms with Crippen molar-refractivity contribution in [1.82, 2.24) is 14.3 Å². The smallest absolute Gasteiger partial charge is 0.246 e. The number of H-pyrrole nitrogens is 1. The number of hydrogen-bond acceptors (Lipinski definition) is 2. The van der Waals surface area contributed by atoms with Gasteiger partial charge in [0.25, 0.3) is 0 Å². The van der Waals surface area contributed by atoms with Gasteiger partial charge in [-0.2, -0.15) is 0 Å². The molecule has 1 heterocycles. The fourth-order valence-corrected chi connectivity index (χ4v) is 1.80. The molecule has 0 radical (unpaired) electrons. The molecule has 5 nitrogen and oxygen atoms in total. The molecular formula is C13H14FN3O2. The Balaban J connectivity index is 2.68. The summed E-state index contributed by atoms with van der Waals surface area (Å²) in [5.41, 5.74) is -1.34. The fraction of sp³-hybridized carbons (Fsp3) is 0.231. The Kier molecular flexibility index (Phi) is 2.37. The van der Waals surface area contributed by atoms with Gasteiger partial charge in [0.1, 0.15) is 11.9 Å². The molecule has 0 bridgehead atoms. The van der Waals surface area contributed by atoms with Crippen molar-refractivity contribution >= 4 is 0 Å². The van der Waals surface area contributed by atoms with E-state index in [0.29, 0.717) is 5.56 Å². The number of allylic oxidation sites excluding steroid dienone is 1. The van der Waals surface area contributed by atoms with Crippen LogP contribution >= 0.6 is 0 Å². The highest BCUT2D eigenvalue weighted by Crippen LogP contribution is 2.22. The maximum Gasteiger partial charge on any atom is 0.347 e. The average Bonchev–Trinajstić information content (AvgIpc) is 2.68. The second-order valence-electron chi connectivity index (χ2n) is 4.11. The van der Waals surface area contributed by atoms with Crippen LogP contribution in [0.4, 0.5) is 4.39 Å². The highest BCUT2D eigenvalue weighted by Gasteiger charge is 2.19. The van der Waals surface area contributed by atoms with Crippen LogP contribution in [0.15, 0.2) is 46.0 Å². The minimum Gasteiger partial charge on any atom is -0.246 e. The highest BCUT2D eigenvalue weighted by atomic mass is 19.1. The Labute approximate surface area is 112 Å². The van der Waals surface area contributed by atoms with Crippen LogP contribution < -0.4 is 11.4 Å². The largest absolute Gasteiger partial charge is 0.347 e. The number of rotatable bonds is 3. The van der Waals surface area contributed by atoms with Crippen molar-refractivity contribution in [2.75, 3.05) is 0 Å². The van der Waals surface area contributed by atoms with Crippen LogP contribution in [-0.2, 0) is 7.05 Å². The van der Waals surface area contributed by atoms with Gasteiger partial charge in [-0.3, -0.25) is 0 Å². The topological polar surface area (TPSA) is 59.8 Å². The van der Waals surface area contributed by atoms with Crippen LogP contribution in [0.25, 0.3) is 0 Å². The van der Waals surface area contributed by atoms with E-state index in [0.717, 1.165) is 21.4 Å². The number of halogens is 1. The Bertz CT molecular complexity index is 815. The van der Waals surface area contributed by atoms with E-state index in [1.807, 2.05) is 0 Å². The van der Waals surface area contributed by atoms with E-state index in [-0.39, 0.29) is 5.57 Å². The molecule has 1 aromatic carbocycles. The Hall–Kier alpha value is -2.37. The summed E-state index contributed by atoms with van der Waals surface area (Å²) < 4.78 is 37.2. The van der Waals surface area contributed by atoms with Crippen LogP contribution in [0.2, 0.25) is 0 Å². The van der Waals surface area contributed by atoms with E-state index in [9.17, 15) is 14.0 Å². The maximum atomic E-state index is 13.1. The zero-order chi connectivity index (χ0) is 16.7. The van der Waals surface area contributed by atoms with Gasteiger partial charge < -0.3 is 0 Å². The van der Waals surface area contributed by atoms with Crippen LogP contribution in [0.3, 0.4) is 0 Å². The van der Waals surface area contributed by atoms with Crippen LogP contribution in [0.1, 0.15) is 22.6 Å². The molecule has 1 unspecified atom stereocenters. The minimum atomic E-state index is -2.55. The summed E-state index contributed by atoms with van der Waals surface area (Å²) in [4.78, 5) is 23.7. The van der Waals surface area contributed by atoms with E-state index in [4.69, 9.17) is 4.11 Å². The SMILES string of the molecule is [2H]C([2H])([2H])C(=C)C(c1ccc(F)cc1)n1[nH]c(=O)n(C)c1=O. The summed E-state index contributed by atoms with van der Waals surface area (Å²) in [7, 11) is 1.26. The van der Waals surface area contributed by atoms with Crippen molar-refractivity contribution in [2.24, 2.45) is 7.05 Å². The normalized spacial score (nSPS) is 15.4. The summed E-state index contributed by atoms with van der Waals surface area (Å²) in [6.45, 7) is 0.984. The lowest BCUT2D eigenvalue weighted by Gasteiger charge is -2.17. The van der Waals surface area contributed by atoms with E-state index in [1.54, 1.807) is 0 Å². The molecule has 0 aliphatic rings. The predicted molar refractivity (Wildman–Crippen MR) is 69.6 cm³/mol. The number of aromatic nitrogens is 3. The predicted octanol–water partition coefficient (Wildman–Crippen LogP) is 1.18. The molecule has 0 aliphatic heterocycles. The molecule has 0 spiro atoms. The second-order valence-corrected chi connectivity index (χ2v) is 4.11. The summed E-state index contributed by atoms with van der Waals surface area (Å²) in [6, 6.07) is 3.83. The van der Waals surface area contributed by atoms with Crippen molar-refractivity contribution in [3.05, 3.63) is 68.8 Å². The fourth-order valence-electron chi connectivity index (χ4n) is 1.80. The first-order chi connectivity index (χ1) is 10.1. The summed E-state index contributed by atoms with van der Waals surface area (Å²) in [5, 5.41) is 2.29. The summed E-state index contributed by atoms with van der Waals surface area (Å²) in [5.74, 6) is -0.504. The van der Waals surface area contributed by atoms with Gasteiger partial charge in [-0.25, -0.2) is 28.3 Å². The lowest BCUT2D eigenvalue weighted by molar-refractivity contribution is 0.555. The molecule has 1 atom stereocenters. The first-order valence-corrected chi connectivity index (χ1v) is 5.45. The van der Waals surface area contributed by atoms with Crippen molar-refractivity contribution in [1.29, 1.82) is 0 Å². The Morgan fingerprint density at radius 1 is 1.42 bits per heavy atom. The van der Waals surface area contributed by atoms with Crippen molar-refractivity contribution in [2.45, 2.75) is 12.9 Å². The lowest BCUT2D eigenvalue weighted by Crippen LogP contribution is -2.29. The average molecular weight is 266 g/mol. The first kappa shape index (κ1) is 9.55. The van der Waals surface area contributed by atoms with Crippen molar-refractivity contribution < 1.29 is 8.50 Å². The van der Waals surface area contributed by atoms with Gasteiger partial charge in [-0.1, -0.05) is 24.3 Å². The number of benzene rings is 1. The third kappa shape index (κ3) is 2.29. The third-order valence-electron chi connectivity index (χ3n) is 2.79. The van der Waals surface area contributed by atoms with Crippen LogP contribution in [-0.4, -0.2) is 14.3 Å². The third-order valence-corrected chi connectivity index (χ3v) is 2.79. The molecule has 1 aromatic heterocycles. The molecule has 19 heavy (non-hydrogen) atoms. The van der Waals surface area contributed by atoms with Gasteiger partial charge in [-0.05, 0) is 24.5 Å². The minimum absolute atomic E-state index is 0.261. The lowest BCUT2D eigenvalue weighted by atomic mass is 10.0. The molecule has 2 aromatic rings. The summed E-state index contributed by atoms with van der Waals surface area (Å²) >= 11 is 0. The molecule has 0 fully saturated rings. The zero-order valence-corrected chi connectivity index (χ0v) is 10.2. The van der Waals surface area contributed by atoms with E-state index < -0.39 is 30.1 Å². The molecule has 1 N–H and O–H groups in total. The molecule has 6 heteroatoms. The zero-order valence-electron chi connectivity index (χ0n) is 13.2. The number of aromatic amines is 1. The quantitative estimate of drug-likeness (QED) is 0.848. The second kappa shape index (κ2) is 4.72. The van der Waals surface area contributed by atoms with Gasteiger partial charge >= 0.3 is 11.4 Å². The van der Waals surface area contributed by atoms with E-state index in [2.05, 4.69) is 11.7 Å². The van der Waals surface area contributed by atoms with Gasteiger partial charge in [0.15, 0.2) is 0 Å². The standard InChI is InChI=1S/C13H14FN3O2/c1-8(2)11(9-4-6-10(14)7-5-9)17-13(19)16(3)12(18)15-17/h4-7,11H,1H2,2-3H3,(H,15,18)/i2D3. The summed E-state index contributed by atoms with van der Waals surface area (Å²) in [6.07, 6.45) is 0. The molecular weight excluding hydrogens is 249 g/mol. The van der Waals surface area contributed by atoms with Crippen molar-refractivity contribution in [3.8, 4) is 0 Å². The molecule has 0 aliphatic carbocycles. The van der Waals surface area contributed by atoms with Gasteiger partial charge in [0.05, 0.1) is 0 Å². The maximum absolute atomic E-state index is 13.1. The van der Waals surface area contributed by atoms with Gasteiger partial charge in [-0.15, -0.1) is 0 Å². The van der Waals surface area contributed by atoms with Gasteiger partial charge in [0, 0.05) is 11.2 Å². The molecule has 0 amide bonds. The van der Waals surface area contributed by atoms with Crippen LogP contribution in [0.5, 0.6) is 0 Å². The number of nitrogens with one attached hydrogen (secondary N) is 1. The molecule has 100 valence electrons.